The van der Waals surface area contributed by atoms with Crippen LogP contribution in [0.1, 0.15) is 33.9 Å². The predicted molar refractivity (Wildman–Crippen MR) is 83.8 cm³/mol. The Bertz CT molecular complexity index is 599. The van der Waals surface area contributed by atoms with Crippen molar-refractivity contribution in [1.29, 1.82) is 0 Å². The van der Waals surface area contributed by atoms with Crippen LogP contribution in [0.5, 0.6) is 0 Å². The number of aliphatic hydroxyl groups is 1. The van der Waals surface area contributed by atoms with Gasteiger partial charge in [-0.15, -0.1) is 0 Å². The van der Waals surface area contributed by atoms with E-state index in [0.29, 0.717) is 0 Å². The van der Waals surface area contributed by atoms with E-state index >= 15 is 0 Å². The maximum absolute atomic E-state index is 13.3. The van der Waals surface area contributed by atoms with Crippen LogP contribution in [0.25, 0.3) is 0 Å². The molecule has 1 atom stereocenters. The van der Waals surface area contributed by atoms with Gasteiger partial charge in [0.25, 0.3) is 0 Å². The molecule has 100 valence electrons. The molecule has 0 aliphatic carbocycles. The summed E-state index contributed by atoms with van der Waals surface area (Å²) in [5, 5.41) is 10.6. The smallest absolute Gasteiger partial charge is 0.123 e. The molecule has 0 saturated heterocycles. The topological polar surface area (TPSA) is 20.2 Å². The molecule has 1 N–H and O–H groups in total. The lowest BCUT2D eigenvalue weighted by Crippen LogP contribution is -2.07. The Morgan fingerprint density at radius 2 is 1.63 bits per heavy atom. The van der Waals surface area contributed by atoms with E-state index in [0.717, 1.165) is 31.4 Å². The quantitative estimate of drug-likeness (QED) is 0.776. The molecule has 3 heteroatoms. The van der Waals surface area contributed by atoms with E-state index in [1.165, 1.54) is 12.1 Å². The van der Waals surface area contributed by atoms with Gasteiger partial charge < -0.3 is 5.11 Å². The van der Waals surface area contributed by atoms with E-state index in [1.54, 1.807) is 0 Å². The van der Waals surface area contributed by atoms with Gasteiger partial charge in [0, 0.05) is 3.57 Å². The zero-order valence-corrected chi connectivity index (χ0v) is 13.3. The van der Waals surface area contributed by atoms with Gasteiger partial charge in [-0.05, 0) is 83.3 Å². The molecule has 0 bridgehead atoms. The fourth-order valence-electron chi connectivity index (χ4n) is 2.39. The molecule has 0 aliphatic rings. The van der Waals surface area contributed by atoms with Crippen molar-refractivity contribution in [2.24, 2.45) is 0 Å². The van der Waals surface area contributed by atoms with Gasteiger partial charge in [-0.3, -0.25) is 0 Å². The highest BCUT2D eigenvalue weighted by atomic mass is 127. The molecule has 19 heavy (non-hydrogen) atoms. The van der Waals surface area contributed by atoms with E-state index in [9.17, 15) is 9.50 Å². The summed E-state index contributed by atoms with van der Waals surface area (Å²) in [7, 11) is 0. The van der Waals surface area contributed by atoms with Crippen LogP contribution in [0.2, 0.25) is 0 Å². The highest BCUT2D eigenvalue weighted by Crippen LogP contribution is 2.32. The fourth-order valence-corrected chi connectivity index (χ4v) is 3.04. The molecule has 0 radical (unpaired) electrons. The van der Waals surface area contributed by atoms with Crippen LogP contribution in [-0.2, 0) is 0 Å². The molecule has 0 amide bonds. The van der Waals surface area contributed by atoms with Gasteiger partial charge in [-0.25, -0.2) is 4.39 Å². The van der Waals surface area contributed by atoms with Gasteiger partial charge >= 0.3 is 0 Å². The molecule has 0 heterocycles. The molecule has 0 aromatic heterocycles. The van der Waals surface area contributed by atoms with E-state index in [2.05, 4.69) is 22.6 Å². The van der Waals surface area contributed by atoms with Crippen molar-refractivity contribution in [3.63, 3.8) is 0 Å². The molecule has 2 rings (SSSR count). The first-order chi connectivity index (χ1) is 8.91. The molecule has 0 spiro atoms. The predicted octanol–water partition coefficient (Wildman–Crippen LogP) is 4.44. The van der Waals surface area contributed by atoms with Crippen LogP contribution in [0, 0.1) is 30.2 Å². The number of halogens is 2. The van der Waals surface area contributed by atoms with Gasteiger partial charge in [0.2, 0.25) is 0 Å². The van der Waals surface area contributed by atoms with Crippen molar-refractivity contribution < 1.29 is 9.50 Å². The normalized spacial score (nSPS) is 12.5. The van der Waals surface area contributed by atoms with Crippen LogP contribution in [0.4, 0.5) is 4.39 Å². The van der Waals surface area contributed by atoms with Crippen LogP contribution in [0.15, 0.2) is 30.3 Å². The summed E-state index contributed by atoms with van der Waals surface area (Å²) in [4.78, 5) is 0. The lowest BCUT2D eigenvalue weighted by atomic mass is 9.93. The zero-order valence-electron chi connectivity index (χ0n) is 11.2. The largest absolute Gasteiger partial charge is 0.384 e. The minimum Gasteiger partial charge on any atom is -0.384 e. The number of rotatable bonds is 2. The standard InChI is InChI=1S/C16H16FIO/c1-9-5-4-6-13(15(9)18)16(19)14-10(2)7-12(17)8-11(14)3/h4-8,16,19H,1-3H3. The molecule has 1 unspecified atom stereocenters. The Labute approximate surface area is 126 Å². The second-order valence-corrected chi connectivity index (χ2v) is 5.91. The van der Waals surface area contributed by atoms with Crippen LogP contribution in [0.3, 0.4) is 0 Å². The second-order valence-electron chi connectivity index (χ2n) is 4.83. The van der Waals surface area contributed by atoms with E-state index < -0.39 is 6.10 Å². The summed E-state index contributed by atoms with van der Waals surface area (Å²) in [5.41, 5.74) is 4.36. The van der Waals surface area contributed by atoms with Crippen molar-refractivity contribution in [1.82, 2.24) is 0 Å². The SMILES string of the molecule is Cc1cccc(C(O)c2c(C)cc(F)cc2C)c1I. The molecule has 2 aromatic rings. The highest BCUT2D eigenvalue weighted by Gasteiger charge is 2.19. The van der Waals surface area contributed by atoms with Crippen LogP contribution < -0.4 is 0 Å². The Morgan fingerprint density at radius 3 is 2.21 bits per heavy atom. The maximum Gasteiger partial charge on any atom is 0.123 e. The van der Waals surface area contributed by atoms with Gasteiger partial charge in [0.15, 0.2) is 0 Å². The van der Waals surface area contributed by atoms with Gasteiger partial charge in [0.05, 0.1) is 0 Å². The first kappa shape index (κ1) is 14.5. The summed E-state index contributed by atoms with van der Waals surface area (Å²) in [6.45, 7) is 5.68. The van der Waals surface area contributed by atoms with Gasteiger partial charge in [-0.2, -0.15) is 0 Å². The lowest BCUT2D eigenvalue weighted by Gasteiger charge is -2.19. The number of aryl methyl sites for hydroxylation is 3. The van der Waals surface area contributed by atoms with Crippen molar-refractivity contribution in [2.45, 2.75) is 26.9 Å². The monoisotopic (exact) mass is 370 g/mol. The van der Waals surface area contributed by atoms with Gasteiger partial charge in [-0.1, -0.05) is 18.2 Å². The van der Waals surface area contributed by atoms with Gasteiger partial charge in [0.1, 0.15) is 11.9 Å². The summed E-state index contributed by atoms with van der Waals surface area (Å²) < 4.78 is 14.4. The molecule has 0 aliphatic heterocycles. The van der Waals surface area contributed by atoms with E-state index in [-0.39, 0.29) is 5.82 Å². The maximum atomic E-state index is 13.3. The fraction of sp³-hybridized carbons (Fsp3) is 0.250. The molecule has 0 saturated carbocycles. The highest BCUT2D eigenvalue weighted by molar-refractivity contribution is 14.1. The number of aliphatic hydroxyl groups excluding tert-OH is 1. The average Bonchev–Trinajstić information content (AvgIpc) is 2.31. The Balaban J connectivity index is 2.56. The van der Waals surface area contributed by atoms with E-state index in [1.807, 2.05) is 39.0 Å². The van der Waals surface area contributed by atoms with Crippen molar-refractivity contribution in [2.75, 3.05) is 0 Å². The molecule has 0 fully saturated rings. The van der Waals surface area contributed by atoms with Crippen molar-refractivity contribution in [3.05, 3.63) is 67.5 Å². The van der Waals surface area contributed by atoms with Crippen molar-refractivity contribution in [3.8, 4) is 0 Å². The Morgan fingerprint density at radius 1 is 1.05 bits per heavy atom. The van der Waals surface area contributed by atoms with E-state index in [4.69, 9.17) is 0 Å². The molecule has 2 aromatic carbocycles. The minimum atomic E-state index is -0.715. The molecular formula is C16H16FIO. The zero-order chi connectivity index (χ0) is 14.2. The second kappa shape index (κ2) is 5.59. The number of benzene rings is 2. The van der Waals surface area contributed by atoms with Crippen LogP contribution in [-0.4, -0.2) is 5.11 Å². The molecule has 1 nitrogen and oxygen atoms in total. The Kier molecular flexibility index (Phi) is 4.26. The first-order valence-corrected chi connectivity index (χ1v) is 7.19. The first-order valence-electron chi connectivity index (χ1n) is 6.11. The summed E-state index contributed by atoms with van der Waals surface area (Å²) in [5.74, 6) is -0.259. The third-order valence-corrected chi connectivity index (χ3v) is 4.82. The lowest BCUT2D eigenvalue weighted by molar-refractivity contribution is 0.217. The summed E-state index contributed by atoms with van der Waals surface area (Å²) >= 11 is 2.24. The Hall–Kier alpha value is -0.940. The number of hydrogen-bond acceptors (Lipinski definition) is 1. The minimum absolute atomic E-state index is 0.259. The third kappa shape index (κ3) is 2.82. The van der Waals surface area contributed by atoms with Crippen molar-refractivity contribution >= 4 is 22.6 Å². The van der Waals surface area contributed by atoms with Crippen LogP contribution >= 0.6 is 22.6 Å². The summed E-state index contributed by atoms with van der Waals surface area (Å²) in [6, 6.07) is 8.80. The third-order valence-electron chi connectivity index (χ3n) is 3.35. The summed E-state index contributed by atoms with van der Waals surface area (Å²) in [6.07, 6.45) is -0.715. The number of hydrogen-bond donors (Lipinski definition) is 1. The molecular weight excluding hydrogens is 354 g/mol. The average molecular weight is 370 g/mol.